The number of nitrogens with zero attached hydrogens (tertiary/aromatic N) is 3. The van der Waals surface area contributed by atoms with Crippen LogP contribution >= 0.6 is 0 Å². The summed E-state index contributed by atoms with van der Waals surface area (Å²) in [5.74, 6) is 3.25. The Morgan fingerprint density at radius 3 is 1.76 bits per heavy atom. The topological polar surface area (TPSA) is 142 Å². The zero-order valence-corrected chi connectivity index (χ0v) is 31.9. The number of benzene rings is 1. The van der Waals surface area contributed by atoms with Crippen LogP contribution in [0.25, 0.3) is 10.6 Å². The van der Waals surface area contributed by atoms with E-state index in [0.717, 1.165) is 41.2 Å². The maximum atomic E-state index is 8.60. The molecule has 5 aliphatic carbocycles. The van der Waals surface area contributed by atoms with E-state index in [2.05, 4.69) is 29.6 Å². The number of fused-ring (bicyclic) bond motifs is 2. The molecule has 6 fully saturated rings. The smallest absolute Gasteiger partial charge is 0.675 e. The van der Waals surface area contributed by atoms with Crippen LogP contribution in [0.4, 0.5) is 11.4 Å². The van der Waals surface area contributed by atoms with Gasteiger partial charge in [-0.15, -0.1) is 17.8 Å². The summed E-state index contributed by atoms with van der Waals surface area (Å²) in [6.45, 7) is 0. The molecule has 2 heterocycles. The molecule has 50 heavy (non-hydrogen) atoms. The Balaban J connectivity index is 0.000000169. The van der Waals surface area contributed by atoms with Crippen LogP contribution in [0.3, 0.4) is 0 Å². The second-order valence-corrected chi connectivity index (χ2v) is 17.1. The molecule has 8 nitrogen and oxygen atoms in total. The number of hydrogen-bond donors (Lipinski definition) is 2. The van der Waals surface area contributed by atoms with E-state index in [0.29, 0.717) is 24.0 Å². The molecule has 0 amide bonds. The maximum Gasteiger partial charge on any atom is 2.00 e. The van der Waals surface area contributed by atoms with Gasteiger partial charge in [0, 0.05) is 11.4 Å². The van der Waals surface area contributed by atoms with Crippen molar-refractivity contribution >= 4 is 17.1 Å². The summed E-state index contributed by atoms with van der Waals surface area (Å²) in [4.78, 5) is 5.15. The zero-order valence-electron chi connectivity index (χ0n) is 30.2. The van der Waals surface area contributed by atoms with Gasteiger partial charge in [0.25, 0.3) is 0 Å². The quantitative estimate of drug-likeness (QED) is 0.309. The first kappa shape index (κ1) is 40.4. The summed E-state index contributed by atoms with van der Waals surface area (Å²) in [6, 6.07) is 11.6. The number of hydrogen-bond acceptors (Lipinski definition) is 6. The largest absolute Gasteiger partial charge is 2.00 e. The number of piperazine rings is 1. The minimum atomic E-state index is -4.69. The first-order chi connectivity index (χ1) is 23.8. The van der Waals surface area contributed by atoms with Crippen molar-refractivity contribution in [2.75, 3.05) is 0 Å². The van der Waals surface area contributed by atoms with Crippen molar-refractivity contribution in [1.29, 1.82) is 0 Å². The summed E-state index contributed by atoms with van der Waals surface area (Å²) in [7, 11) is -4.69. The molecule has 5 saturated carbocycles. The van der Waals surface area contributed by atoms with Gasteiger partial charge in [-0.3, -0.25) is 4.99 Å². The van der Waals surface area contributed by atoms with Crippen LogP contribution in [0.2, 0.25) is 0 Å². The van der Waals surface area contributed by atoms with E-state index in [1.807, 2.05) is 0 Å². The van der Waals surface area contributed by atoms with Gasteiger partial charge in [-0.05, 0) is 68.0 Å². The molecule has 285 valence electrons. The third-order valence-electron chi connectivity index (χ3n) is 13.0. The van der Waals surface area contributed by atoms with E-state index in [9.17, 15) is 0 Å². The molecule has 1 aromatic carbocycles. The zero-order chi connectivity index (χ0) is 34.1. The molecule has 1 saturated heterocycles. The molecule has 1 radical (unpaired) electrons. The molecule has 2 aliphatic heterocycles. The Bertz CT molecular complexity index is 1120. The van der Waals surface area contributed by atoms with Crippen molar-refractivity contribution < 1.29 is 45.9 Å². The van der Waals surface area contributed by atoms with Gasteiger partial charge >= 0.3 is 17.1 Å². The summed E-state index contributed by atoms with van der Waals surface area (Å²) >= 11 is 0. The van der Waals surface area contributed by atoms with E-state index < -0.39 is 10.2 Å². The van der Waals surface area contributed by atoms with E-state index in [1.54, 1.807) is 0 Å². The van der Waals surface area contributed by atoms with Crippen LogP contribution in [0.15, 0.2) is 29.3 Å². The van der Waals surface area contributed by atoms with Gasteiger partial charge in [0.2, 0.25) is 0 Å². The molecule has 5 unspecified atom stereocenters. The summed E-state index contributed by atoms with van der Waals surface area (Å²) in [5, 5.41) is 14.9. The minimum absolute atomic E-state index is 0. The summed E-state index contributed by atoms with van der Waals surface area (Å²) < 4.78 is 32.7. The third kappa shape index (κ3) is 11.6. The third-order valence-corrected chi connectivity index (χ3v) is 13.0. The SMILES string of the molecule is C1CCC(C2[N-]C3CCCCC3NC2C2CCCCC2)CC1.[Cu+2].[O-][Cl+3]([O-])([O-])O.c1ccc2c(c1)N=C(C1CCCCC1)C(C1CCCCC1)[N-]2. The number of aliphatic imine (C=N–C) groups is 1. The molecule has 0 bridgehead atoms. The number of para-hydroxylation sites is 2. The van der Waals surface area contributed by atoms with Crippen molar-refractivity contribution in [1.82, 2.24) is 5.32 Å². The van der Waals surface area contributed by atoms with E-state index in [-0.39, 0.29) is 17.1 Å². The fourth-order valence-electron chi connectivity index (χ4n) is 10.6. The Morgan fingerprint density at radius 1 is 0.640 bits per heavy atom. The van der Waals surface area contributed by atoms with Crippen LogP contribution < -0.4 is 19.3 Å². The van der Waals surface area contributed by atoms with Crippen LogP contribution in [0.5, 0.6) is 0 Å². The molecule has 0 aromatic heterocycles. The number of nitrogens with one attached hydrogen (secondary N) is 1. The summed E-state index contributed by atoms with van der Waals surface area (Å²) in [6.07, 6.45) is 33.9. The Morgan fingerprint density at radius 2 is 1.14 bits per heavy atom. The van der Waals surface area contributed by atoms with Gasteiger partial charge in [0.15, 0.2) is 0 Å². The molecular weight excluding hydrogens is 699 g/mol. The minimum Gasteiger partial charge on any atom is -0.675 e. The van der Waals surface area contributed by atoms with Crippen molar-refractivity contribution in [2.24, 2.45) is 28.7 Å². The molecule has 7 aliphatic rings. The number of rotatable bonds is 4. The second-order valence-electron chi connectivity index (χ2n) is 16.3. The van der Waals surface area contributed by atoms with Gasteiger partial charge in [-0.2, -0.15) is 14.0 Å². The first-order valence-corrected chi connectivity index (χ1v) is 21.6. The Kier molecular flexibility index (Phi) is 16.2. The van der Waals surface area contributed by atoms with Gasteiger partial charge in [-0.25, -0.2) is 0 Å². The molecule has 8 rings (SSSR count). The first-order valence-electron chi connectivity index (χ1n) is 20.3. The van der Waals surface area contributed by atoms with E-state index in [4.69, 9.17) is 34.3 Å². The van der Waals surface area contributed by atoms with Crippen molar-refractivity contribution in [3.8, 4) is 0 Å². The van der Waals surface area contributed by atoms with Crippen LogP contribution in [-0.4, -0.2) is 40.6 Å². The predicted molar refractivity (Wildman–Crippen MR) is 189 cm³/mol. The van der Waals surface area contributed by atoms with Gasteiger partial charge in [0.1, 0.15) is 0 Å². The van der Waals surface area contributed by atoms with Gasteiger partial charge in [-0.1, -0.05) is 152 Å². The second kappa shape index (κ2) is 20.1. The maximum absolute atomic E-state index is 8.60. The Labute approximate surface area is 315 Å². The molecule has 2 N–H and O–H groups in total. The van der Waals surface area contributed by atoms with Crippen LogP contribution in [0.1, 0.15) is 154 Å². The number of halogens is 1. The molecule has 10 heteroatoms. The molecule has 5 atom stereocenters. The average Bonchev–Trinajstić information content (AvgIpc) is 3.15. The van der Waals surface area contributed by atoms with Crippen molar-refractivity contribution in [3.63, 3.8) is 0 Å². The molecule has 0 spiro atoms. The van der Waals surface area contributed by atoms with Crippen molar-refractivity contribution in [2.45, 2.75) is 184 Å². The van der Waals surface area contributed by atoms with E-state index in [1.165, 1.54) is 160 Å². The van der Waals surface area contributed by atoms with E-state index >= 15 is 0 Å². The van der Waals surface area contributed by atoms with Crippen LogP contribution in [0, 0.1) is 33.9 Å². The van der Waals surface area contributed by atoms with Gasteiger partial charge < -0.3 is 16.0 Å². The standard InChI is InChI=1S/C20H35N2.C20H27N2.ClHO4.Cu/c2*1-3-9-15(10-4-1)19-20(16-11-5-2-6-12-16)22-18-14-8-7-13-17(18)21-19;2-1(3,4)5;/h15-21H,1-14H2;7-8,13-16,19H,1-6,9-12H2;(H,2,3,4,5);/q2*-1;;+2. The summed E-state index contributed by atoms with van der Waals surface area (Å²) in [5.41, 5.74) is 3.66. The van der Waals surface area contributed by atoms with Crippen LogP contribution in [-0.2, 0) is 17.1 Å². The molecule has 1 aromatic rings. The Hall–Kier alpha value is -0.741. The normalized spacial score (nSPS) is 31.5. The van der Waals surface area contributed by atoms with Gasteiger partial charge in [0.05, 0.1) is 14.9 Å². The fourth-order valence-corrected chi connectivity index (χ4v) is 10.6. The molecular formula is C40H63ClCuN4O4. The average molecular weight is 763 g/mol. The predicted octanol–water partition coefficient (Wildman–Crippen LogP) is 7.35. The van der Waals surface area contributed by atoms with Crippen molar-refractivity contribution in [3.05, 3.63) is 34.9 Å². The monoisotopic (exact) mass is 761 g/mol. The fraction of sp³-hybridized carbons (Fsp3) is 0.825.